The van der Waals surface area contributed by atoms with Crippen LogP contribution in [0.5, 0.6) is 5.75 Å². The molecular weight excluding hydrogens is 468 g/mol. The summed E-state index contributed by atoms with van der Waals surface area (Å²) >= 11 is 12.1. The average Bonchev–Trinajstić information content (AvgIpc) is 2.68. The van der Waals surface area contributed by atoms with E-state index < -0.39 is 24.3 Å². The molecule has 2 aromatic rings. The number of halogens is 5. The number of carbonyl (C=O) groups is 1. The number of alkyl halides is 2. The second-order valence-corrected chi connectivity index (χ2v) is 8.65. The van der Waals surface area contributed by atoms with Gasteiger partial charge < -0.3 is 10.5 Å². The smallest absolute Gasteiger partial charge is 0.272 e. The first-order chi connectivity index (χ1) is 14.9. The van der Waals surface area contributed by atoms with E-state index in [1.54, 1.807) is 26.8 Å². The van der Waals surface area contributed by atoms with Crippen LogP contribution in [0, 0.1) is 11.2 Å². The lowest BCUT2D eigenvalue weighted by Gasteiger charge is -2.18. The van der Waals surface area contributed by atoms with Crippen LogP contribution in [0.1, 0.15) is 26.3 Å². The number of aliphatic imine (C=N–C) groups is 1. The largest absolute Gasteiger partial charge is 0.485 e. The number of hydrogen-bond donors (Lipinski definition) is 3. The van der Waals surface area contributed by atoms with Gasteiger partial charge in [-0.25, -0.2) is 18.2 Å². The van der Waals surface area contributed by atoms with Crippen LogP contribution in [-0.4, -0.2) is 24.9 Å². The summed E-state index contributed by atoms with van der Waals surface area (Å²) in [7, 11) is 0. The molecule has 0 aliphatic heterocycles. The number of amides is 1. The van der Waals surface area contributed by atoms with E-state index in [0.717, 1.165) is 0 Å². The van der Waals surface area contributed by atoms with Crippen molar-refractivity contribution in [2.24, 2.45) is 16.1 Å². The van der Waals surface area contributed by atoms with Gasteiger partial charge in [-0.05, 0) is 23.8 Å². The zero-order valence-corrected chi connectivity index (χ0v) is 19.1. The van der Waals surface area contributed by atoms with Crippen LogP contribution in [0.2, 0.25) is 10.0 Å². The zero-order valence-electron chi connectivity index (χ0n) is 17.6. The average molecular weight is 491 g/mol. The Kier molecular flexibility index (Phi) is 8.63. The summed E-state index contributed by atoms with van der Waals surface area (Å²) < 4.78 is 45.0. The molecule has 6 nitrogen and oxygen atoms in total. The molecule has 0 aliphatic rings. The summed E-state index contributed by atoms with van der Waals surface area (Å²) in [5, 5.41) is 0.262. The molecule has 0 heterocycles. The van der Waals surface area contributed by atoms with Crippen LogP contribution in [-0.2, 0) is 11.3 Å². The lowest BCUT2D eigenvalue weighted by molar-refractivity contribution is -0.129. The predicted molar refractivity (Wildman–Crippen MR) is 119 cm³/mol. The van der Waals surface area contributed by atoms with Crippen molar-refractivity contribution in [2.75, 3.05) is 6.61 Å². The fourth-order valence-corrected chi connectivity index (χ4v) is 2.98. The molecule has 0 unspecified atom stereocenters. The Balaban J connectivity index is 2.20. The van der Waals surface area contributed by atoms with Crippen LogP contribution in [0.3, 0.4) is 0 Å². The van der Waals surface area contributed by atoms with Crippen molar-refractivity contribution in [3.05, 3.63) is 51.8 Å². The van der Waals surface area contributed by atoms with Gasteiger partial charge in [0.1, 0.15) is 18.2 Å². The van der Waals surface area contributed by atoms with Gasteiger partial charge in [0.2, 0.25) is 11.9 Å². The third-order valence-electron chi connectivity index (χ3n) is 4.13. The Morgan fingerprint density at radius 3 is 2.47 bits per heavy atom. The van der Waals surface area contributed by atoms with Gasteiger partial charge in [0.25, 0.3) is 6.43 Å². The molecule has 0 bridgehead atoms. The Labute approximate surface area is 193 Å². The number of rotatable bonds is 6. The first-order valence-electron chi connectivity index (χ1n) is 9.43. The first kappa shape index (κ1) is 25.6. The maximum Gasteiger partial charge on any atom is 0.272 e. The van der Waals surface area contributed by atoms with Crippen molar-refractivity contribution in [3.8, 4) is 16.9 Å². The summed E-state index contributed by atoms with van der Waals surface area (Å²) in [4.78, 5) is 15.8. The highest BCUT2D eigenvalue weighted by Crippen LogP contribution is 2.39. The van der Waals surface area contributed by atoms with Crippen molar-refractivity contribution in [1.29, 1.82) is 0 Å². The number of nitrogens with zero attached hydrogens (tertiary/aromatic N) is 1. The number of guanidine groups is 1. The monoisotopic (exact) mass is 490 g/mol. The van der Waals surface area contributed by atoms with Crippen molar-refractivity contribution in [1.82, 2.24) is 10.9 Å². The standard InChI is InChI=1S/C21H23Cl2F3N4O2/c1-21(2,3)19(31)29-30-20(27)28-9-12-5-4-11(6-16(12)24)14-7-13(22)8-15(23)18(14)32-10-17(25)26/h4-8,17H,9-10H2,1-3H3,(H,29,31)(H3,27,28,30). The van der Waals surface area contributed by atoms with E-state index in [4.69, 9.17) is 33.7 Å². The van der Waals surface area contributed by atoms with E-state index in [0.29, 0.717) is 5.56 Å². The summed E-state index contributed by atoms with van der Waals surface area (Å²) in [6.07, 6.45) is -2.71. The fourth-order valence-electron chi connectivity index (χ4n) is 2.43. The molecule has 11 heteroatoms. The molecule has 0 aromatic heterocycles. The molecule has 0 fully saturated rings. The topological polar surface area (TPSA) is 88.7 Å². The lowest BCUT2D eigenvalue weighted by Crippen LogP contribution is -2.49. The fraction of sp³-hybridized carbons (Fsp3) is 0.333. The predicted octanol–water partition coefficient (Wildman–Crippen LogP) is 4.93. The minimum absolute atomic E-state index is 0.0235. The number of carbonyl (C=O) groups excluding carboxylic acids is 1. The van der Waals surface area contributed by atoms with Crippen molar-refractivity contribution < 1.29 is 22.7 Å². The lowest BCUT2D eigenvalue weighted by atomic mass is 9.96. The highest BCUT2D eigenvalue weighted by molar-refractivity contribution is 6.36. The van der Waals surface area contributed by atoms with Gasteiger partial charge in [-0.2, -0.15) is 0 Å². The molecule has 1 amide bonds. The van der Waals surface area contributed by atoms with E-state index >= 15 is 0 Å². The van der Waals surface area contributed by atoms with Crippen LogP contribution in [0.4, 0.5) is 13.2 Å². The highest BCUT2D eigenvalue weighted by atomic mass is 35.5. The second-order valence-electron chi connectivity index (χ2n) is 7.80. The quantitative estimate of drug-likeness (QED) is 0.304. The number of ether oxygens (including phenoxy) is 1. The van der Waals surface area contributed by atoms with E-state index in [1.165, 1.54) is 24.3 Å². The molecule has 0 atom stereocenters. The Morgan fingerprint density at radius 1 is 1.19 bits per heavy atom. The Morgan fingerprint density at radius 2 is 1.88 bits per heavy atom. The number of nitrogens with two attached hydrogens (primary N) is 1. The molecule has 4 N–H and O–H groups in total. The minimum atomic E-state index is -2.71. The second kappa shape index (κ2) is 10.8. The Hall–Kier alpha value is -2.65. The van der Waals surface area contributed by atoms with Gasteiger partial charge in [-0.3, -0.25) is 15.6 Å². The minimum Gasteiger partial charge on any atom is -0.485 e. The van der Waals surface area contributed by atoms with Gasteiger partial charge >= 0.3 is 0 Å². The number of hydrazine groups is 1. The molecule has 2 rings (SSSR count). The van der Waals surface area contributed by atoms with Gasteiger partial charge in [0.15, 0.2) is 0 Å². The molecule has 2 aromatic carbocycles. The number of benzene rings is 2. The van der Waals surface area contributed by atoms with Gasteiger partial charge in [-0.15, -0.1) is 0 Å². The van der Waals surface area contributed by atoms with Crippen LogP contribution in [0.15, 0.2) is 35.3 Å². The number of hydrogen-bond acceptors (Lipinski definition) is 3. The SMILES string of the molecule is CC(C)(C)C(=O)NNC(N)=NCc1ccc(-c2cc(Cl)cc(Cl)c2OCC(F)F)cc1F. The maximum atomic E-state index is 14.7. The maximum absolute atomic E-state index is 14.7. The molecule has 0 radical (unpaired) electrons. The molecular formula is C21H23Cl2F3N4O2. The van der Waals surface area contributed by atoms with E-state index in [2.05, 4.69) is 15.8 Å². The Bertz CT molecular complexity index is 1010. The van der Waals surface area contributed by atoms with Crippen molar-refractivity contribution in [3.63, 3.8) is 0 Å². The van der Waals surface area contributed by atoms with E-state index in [1.807, 2.05) is 0 Å². The van der Waals surface area contributed by atoms with Crippen molar-refractivity contribution in [2.45, 2.75) is 33.7 Å². The first-order valence-corrected chi connectivity index (χ1v) is 10.2. The summed E-state index contributed by atoms with van der Waals surface area (Å²) in [5.41, 5.74) is 10.7. The van der Waals surface area contributed by atoms with Gasteiger partial charge in [0, 0.05) is 21.6 Å². The highest BCUT2D eigenvalue weighted by Gasteiger charge is 2.21. The molecule has 0 saturated carbocycles. The normalized spacial score (nSPS) is 12.1. The van der Waals surface area contributed by atoms with E-state index in [9.17, 15) is 18.0 Å². The van der Waals surface area contributed by atoms with E-state index in [-0.39, 0.29) is 45.3 Å². The van der Waals surface area contributed by atoms with Crippen LogP contribution in [0.25, 0.3) is 11.1 Å². The molecule has 32 heavy (non-hydrogen) atoms. The van der Waals surface area contributed by atoms with Crippen LogP contribution < -0.4 is 21.3 Å². The summed E-state index contributed by atoms with van der Waals surface area (Å²) in [6, 6.07) is 6.99. The van der Waals surface area contributed by atoms with Gasteiger partial charge in [-0.1, -0.05) is 56.1 Å². The summed E-state index contributed by atoms with van der Waals surface area (Å²) in [5.74, 6) is -1.04. The molecule has 0 aliphatic carbocycles. The number of nitrogens with one attached hydrogen (secondary N) is 2. The van der Waals surface area contributed by atoms with Gasteiger partial charge in [0.05, 0.1) is 11.6 Å². The molecule has 0 spiro atoms. The molecule has 174 valence electrons. The summed E-state index contributed by atoms with van der Waals surface area (Å²) in [6.45, 7) is 4.20. The third kappa shape index (κ3) is 7.20. The third-order valence-corrected chi connectivity index (χ3v) is 4.63. The van der Waals surface area contributed by atoms with Crippen molar-refractivity contribution >= 4 is 35.1 Å². The van der Waals surface area contributed by atoms with Crippen LogP contribution >= 0.6 is 23.2 Å². The molecule has 0 saturated heterocycles. The zero-order chi connectivity index (χ0) is 24.1.